The lowest BCUT2D eigenvalue weighted by Crippen LogP contribution is -2.40. The number of carboxylic acid groups (broad SMARTS) is 1. The van der Waals surface area contributed by atoms with Gasteiger partial charge >= 0.3 is 5.97 Å². The van der Waals surface area contributed by atoms with Gasteiger partial charge in [-0.2, -0.15) is 0 Å². The van der Waals surface area contributed by atoms with Crippen LogP contribution in [-0.4, -0.2) is 41.2 Å². The Morgan fingerprint density at radius 2 is 1.88 bits per heavy atom. The summed E-state index contributed by atoms with van der Waals surface area (Å²) in [6, 6.07) is 7.74. The standard InChI is InChI=1S/C12H15NO4/c14-7-6-10(12(16)17)13-8-11(15)9-4-2-1-3-5-9/h1-5,10,13-14H,6-8H2,(H,16,17)/t10-/m0/s1. The molecule has 1 rings (SSSR count). The maximum Gasteiger partial charge on any atom is 0.320 e. The van der Waals surface area contributed by atoms with E-state index in [1.165, 1.54) is 0 Å². The van der Waals surface area contributed by atoms with Crippen LogP contribution in [0.15, 0.2) is 30.3 Å². The lowest BCUT2D eigenvalue weighted by atomic mass is 10.1. The second kappa shape index (κ2) is 6.78. The van der Waals surface area contributed by atoms with E-state index in [4.69, 9.17) is 10.2 Å². The van der Waals surface area contributed by atoms with E-state index in [1.54, 1.807) is 30.3 Å². The van der Waals surface area contributed by atoms with Crippen molar-refractivity contribution in [2.45, 2.75) is 12.5 Å². The van der Waals surface area contributed by atoms with Crippen LogP contribution in [0.3, 0.4) is 0 Å². The zero-order valence-electron chi connectivity index (χ0n) is 9.30. The van der Waals surface area contributed by atoms with Crippen LogP contribution in [-0.2, 0) is 4.79 Å². The van der Waals surface area contributed by atoms with Gasteiger partial charge in [0.1, 0.15) is 6.04 Å². The minimum Gasteiger partial charge on any atom is -0.480 e. The molecule has 5 heteroatoms. The summed E-state index contributed by atoms with van der Waals surface area (Å²) in [7, 11) is 0. The van der Waals surface area contributed by atoms with E-state index < -0.39 is 12.0 Å². The molecule has 0 heterocycles. The van der Waals surface area contributed by atoms with E-state index in [9.17, 15) is 9.59 Å². The number of Topliss-reactive ketones (excluding diaryl/α,β-unsaturated/α-hetero) is 1. The third-order valence-corrected chi connectivity index (χ3v) is 2.32. The molecular formula is C12H15NO4. The lowest BCUT2D eigenvalue weighted by molar-refractivity contribution is -0.139. The SMILES string of the molecule is O=C(CN[C@@H](CCO)C(=O)O)c1ccccc1. The number of ketones is 1. The van der Waals surface area contributed by atoms with Gasteiger partial charge in [-0.15, -0.1) is 0 Å². The van der Waals surface area contributed by atoms with Crippen molar-refractivity contribution in [2.75, 3.05) is 13.2 Å². The van der Waals surface area contributed by atoms with Gasteiger partial charge in [0.15, 0.2) is 5.78 Å². The van der Waals surface area contributed by atoms with Crippen LogP contribution >= 0.6 is 0 Å². The fourth-order valence-electron chi connectivity index (χ4n) is 1.38. The molecule has 1 aromatic rings. The highest BCUT2D eigenvalue weighted by molar-refractivity contribution is 5.97. The zero-order chi connectivity index (χ0) is 12.7. The highest BCUT2D eigenvalue weighted by atomic mass is 16.4. The number of aliphatic hydroxyl groups excluding tert-OH is 1. The van der Waals surface area contributed by atoms with E-state index in [0.717, 1.165) is 0 Å². The maximum absolute atomic E-state index is 11.7. The minimum absolute atomic E-state index is 0.0546. The van der Waals surface area contributed by atoms with Crippen molar-refractivity contribution in [2.24, 2.45) is 0 Å². The Balaban J connectivity index is 2.49. The third kappa shape index (κ3) is 4.34. The smallest absolute Gasteiger partial charge is 0.320 e. The molecule has 0 aromatic heterocycles. The number of hydrogen-bond donors (Lipinski definition) is 3. The Morgan fingerprint density at radius 3 is 2.41 bits per heavy atom. The van der Waals surface area contributed by atoms with Crippen LogP contribution in [0.2, 0.25) is 0 Å². The first-order chi connectivity index (χ1) is 8.15. The number of benzene rings is 1. The molecule has 0 amide bonds. The van der Waals surface area contributed by atoms with Crippen molar-refractivity contribution in [3.8, 4) is 0 Å². The topological polar surface area (TPSA) is 86.6 Å². The molecule has 0 radical (unpaired) electrons. The zero-order valence-corrected chi connectivity index (χ0v) is 9.30. The molecular weight excluding hydrogens is 222 g/mol. The normalized spacial score (nSPS) is 12.1. The van der Waals surface area contributed by atoms with Gasteiger partial charge in [-0.25, -0.2) is 0 Å². The molecule has 0 fully saturated rings. The summed E-state index contributed by atoms with van der Waals surface area (Å²) in [4.78, 5) is 22.4. The van der Waals surface area contributed by atoms with E-state index in [0.29, 0.717) is 5.56 Å². The fourth-order valence-corrected chi connectivity index (χ4v) is 1.38. The molecule has 3 N–H and O–H groups in total. The molecule has 1 atom stereocenters. The van der Waals surface area contributed by atoms with Crippen LogP contribution in [0.5, 0.6) is 0 Å². The predicted molar refractivity (Wildman–Crippen MR) is 61.9 cm³/mol. The van der Waals surface area contributed by atoms with Gasteiger partial charge in [0.25, 0.3) is 0 Å². The third-order valence-electron chi connectivity index (χ3n) is 2.32. The second-order valence-electron chi connectivity index (χ2n) is 3.57. The molecule has 0 spiro atoms. The van der Waals surface area contributed by atoms with E-state index in [-0.39, 0.29) is 25.4 Å². The summed E-state index contributed by atoms with van der Waals surface area (Å²) in [6.07, 6.45) is 0.0808. The number of carbonyl (C=O) groups excluding carboxylic acids is 1. The van der Waals surface area contributed by atoms with Gasteiger partial charge in [0, 0.05) is 12.2 Å². The Bertz CT molecular complexity index is 377. The second-order valence-corrected chi connectivity index (χ2v) is 3.57. The minimum atomic E-state index is -1.07. The molecule has 0 bridgehead atoms. The van der Waals surface area contributed by atoms with Crippen LogP contribution in [0.1, 0.15) is 16.8 Å². The van der Waals surface area contributed by atoms with Crippen molar-refractivity contribution in [1.29, 1.82) is 0 Å². The Kier molecular flexibility index (Phi) is 5.32. The van der Waals surface area contributed by atoms with Gasteiger partial charge in [0.05, 0.1) is 6.54 Å². The fraction of sp³-hybridized carbons (Fsp3) is 0.333. The quantitative estimate of drug-likeness (QED) is 0.593. The van der Waals surface area contributed by atoms with Crippen LogP contribution in [0.25, 0.3) is 0 Å². The van der Waals surface area contributed by atoms with E-state index in [2.05, 4.69) is 5.32 Å². The lowest BCUT2D eigenvalue weighted by Gasteiger charge is -2.12. The van der Waals surface area contributed by atoms with Crippen LogP contribution in [0, 0.1) is 0 Å². The first kappa shape index (κ1) is 13.3. The molecule has 5 nitrogen and oxygen atoms in total. The van der Waals surface area contributed by atoms with Crippen molar-refractivity contribution in [3.05, 3.63) is 35.9 Å². The number of carboxylic acids is 1. The number of rotatable bonds is 7. The maximum atomic E-state index is 11.7. The predicted octanol–water partition coefficient (Wildman–Crippen LogP) is 0.295. The monoisotopic (exact) mass is 237 g/mol. The molecule has 1 aromatic carbocycles. The molecule has 0 saturated carbocycles. The number of aliphatic carboxylic acids is 1. The molecule has 0 aliphatic heterocycles. The van der Waals surface area contributed by atoms with Gasteiger partial charge in [-0.1, -0.05) is 30.3 Å². The Morgan fingerprint density at radius 1 is 1.24 bits per heavy atom. The summed E-state index contributed by atoms with van der Waals surface area (Å²) in [5.41, 5.74) is 0.535. The average Bonchev–Trinajstić information content (AvgIpc) is 2.34. The van der Waals surface area contributed by atoms with Crippen molar-refractivity contribution < 1.29 is 19.8 Å². The van der Waals surface area contributed by atoms with Crippen molar-refractivity contribution in [1.82, 2.24) is 5.32 Å². The average molecular weight is 237 g/mol. The highest BCUT2D eigenvalue weighted by Gasteiger charge is 2.17. The summed E-state index contributed by atoms with van der Waals surface area (Å²) >= 11 is 0. The Hall–Kier alpha value is -1.72. The van der Waals surface area contributed by atoms with Gasteiger partial charge in [-0.3, -0.25) is 14.9 Å². The van der Waals surface area contributed by atoms with E-state index >= 15 is 0 Å². The molecule has 0 aliphatic rings. The molecule has 0 aliphatic carbocycles. The van der Waals surface area contributed by atoms with Gasteiger partial charge in [0.2, 0.25) is 0 Å². The first-order valence-electron chi connectivity index (χ1n) is 5.30. The summed E-state index contributed by atoms with van der Waals surface area (Å²) in [6.45, 7) is -0.287. The number of hydrogen-bond acceptors (Lipinski definition) is 4. The van der Waals surface area contributed by atoms with Crippen LogP contribution < -0.4 is 5.32 Å². The van der Waals surface area contributed by atoms with Gasteiger partial charge < -0.3 is 10.2 Å². The highest BCUT2D eigenvalue weighted by Crippen LogP contribution is 2.00. The summed E-state index contributed by atoms with van der Waals surface area (Å²) < 4.78 is 0. The van der Waals surface area contributed by atoms with E-state index in [1.807, 2.05) is 0 Å². The largest absolute Gasteiger partial charge is 0.480 e. The van der Waals surface area contributed by atoms with Gasteiger partial charge in [-0.05, 0) is 6.42 Å². The molecule has 92 valence electrons. The molecule has 0 unspecified atom stereocenters. The summed E-state index contributed by atoms with van der Waals surface area (Å²) in [5, 5.41) is 20.1. The molecule has 17 heavy (non-hydrogen) atoms. The first-order valence-corrected chi connectivity index (χ1v) is 5.30. The number of carbonyl (C=O) groups is 2. The molecule has 0 saturated heterocycles. The van der Waals surface area contributed by atoms with Crippen molar-refractivity contribution in [3.63, 3.8) is 0 Å². The number of aliphatic hydroxyl groups is 1. The Labute approximate surface area is 99.1 Å². The summed E-state index contributed by atoms with van der Waals surface area (Å²) in [5.74, 6) is -1.24. The number of nitrogens with one attached hydrogen (secondary N) is 1. The van der Waals surface area contributed by atoms with Crippen LogP contribution in [0.4, 0.5) is 0 Å². The van der Waals surface area contributed by atoms with Crippen molar-refractivity contribution >= 4 is 11.8 Å².